The van der Waals surface area contributed by atoms with Crippen molar-refractivity contribution in [3.8, 4) is 0 Å². The number of aromatic nitrogens is 1. The van der Waals surface area contributed by atoms with Crippen LogP contribution in [0.4, 0.5) is 5.13 Å². The third-order valence-electron chi connectivity index (χ3n) is 6.40. The molecule has 180 valence electrons. The van der Waals surface area contributed by atoms with E-state index in [0.29, 0.717) is 10.8 Å². The van der Waals surface area contributed by atoms with Crippen molar-refractivity contribution < 1.29 is 34.3 Å². The van der Waals surface area contributed by atoms with Crippen LogP contribution in [-0.4, -0.2) is 101 Å². The van der Waals surface area contributed by atoms with E-state index in [2.05, 4.69) is 20.9 Å². The van der Waals surface area contributed by atoms with E-state index in [1.165, 1.54) is 11.3 Å². The van der Waals surface area contributed by atoms with E-state index >= 15 is 0 Å². The predicted molar refractivity (Wildman–Crippen MR) is 114 cm³/mol. The summed E-state index contributed by atoms with van der Waals surface area (Å²) in [5.74, 6) is -2.39. The van der Waals surface area contributed by atoms with Crippen LogP contribution in [0, 0.1) is 0 Å². The van der Waals surface area contributed by atoms with Crippen LogP contribution < -0.4 is 21.7 Å². The fraction of sp³-hybridized carbons (Fsp3) is 0.789. The molecule has 0 bridgehead atoms. The average Bonchev–Trinajstić information content (AvgIpc) is 3.13. The number of nitrogens with two attached hydrogens (primary N) is 1. The molecule has 2 saturated heterocycles. The predicted octanol–water partition coefficient (Wildman–Crippen LogP) is -2.73. The van der Waals surface area contributed by atoms with Gasteiger partial charge in [-0.3, -0.25) is 4.79 Å². The molecule has 10 unspecified atom stereocenters. The van der Waals surface area contributed by atoms with Crippen molar-refractivity contribution in [3.63, 3.8) is 0 Å². The van der Waals surface area contributed by atoms with E-state index < -0.39 is 54.6 Å². The molecule has 13 heteroatoms. The number of aliphatic hydroxyl groups excluding tert-OH is 2. The van der Waals surface area contributed by atoms with Gasteiger partial charge in [0, 0.05) is 5.38 Å². The third kappa shape index (κ3) is 4.13. The van der Waals surface area contributed by atoms with Crippen LogP contribution in [0.15, 0.2) is 5.38 Å². The molecule has 0 spiro atoms. The van der Waals surface area contributed by atoms with Crippen molar-refractivity contribution >= 4 is 22.4 Å². The molecule has 1 aromatic rings. The van der Waals surface area contributed by atoms with E-state index in [-0.39, 0.29) is 24.9 Å². The summed E-state index contributed by atoms with van der Waals surface area (Å²) in [6.45, 7) is 1.79. The zero-order valence-corrected chi connectivity index (χ0v) is 18.9. The van der Waals surface area contributed by atoms with Gasteiger partial charge in [-0.15, -0.1) is 11.3 Å². The molecule has 32 heavy (non-hydrogen) atoms. The van der Waals surface area contributed by atoms with Crippen LogP contribution >= 0.6 is 11.3 Å². The number of fused-ring (bicyclic) bond motifs is 2. The van der Waals surface area contributed by atoms with Gasteiger partial charge in [0.1, 0.15) is 18.3 Å². The Morgan fingerprint density at radius 2 is 1.97 bits per heavy atom. The van der Waals surface area contributed by atoms with Gasteiger partial charge in [-0.2, -0.15) is 0 Å². The topological polar surface area (TPSA) is 180 Å². The number of thiazole rings is 1. The Balaban J connectivity index is 1.56. The number of amides is 1. The first-order valence-electron chi connectivity index (χ1n) is 10.6. The minimum absolute atomic E-state index is 0.00643. The fourth-order valence-electron chi connectivity index (χ4n) is 4.83. The summed E-state index contributed by atoms with van der Waals surface area (Å²) in [7, 11) is 3.28. The highest BCUT2D eigenvalue weighted by Gasteiger charge is 2.63. The minimum Gasteiger partial charge on any atom is -0.390 e. The Hall–Kier alpha value is -1.42. The molecule has 12 nitrogen and oxygen atoms in total. The maximum absolute atomic E-state index is 12.7. The van der Waals surface area contributed by atoms with Gasteiger partial charge in [0.2, 0.25) is 18.0 Å². The first kappa shape index (κ1) is 23.7. The summed E-state index contributed by atoms with van der Waals surface area (Å²) in [5.41, 5.74) is 6.16. The normalized spacial score (nSPS) is 43.9. The van der Waals surface area contributed by atoms with Crippen molar-refractivity contribution in [2.45, 2.75) is 80.5 Å². The highest BCUT2D eigenvalue weighted by Crippen LogP contribution is 2.42. The van der Waals surface area contributed by atoms with Gasteiger partial charge in [-0.25, -0.2) is 4.98 Å². The molecule has 2 aliphatic heterocycles. The SMILES string of the molecule is CNC1C(O)C(NC)C2OC3(O)C(NC(=O)Cc4csc(N)n4)CC(C)OC3OC2C1O. The summed E-state index contributed by atoms with van der Waals surface area (Å²) in [6.07, 6.45) is -5.24. The number of nitrogen functional groups attached to an aromatic ring is 1. The monoisotopic (exact) mass is 473 g/mol. The Kier molecular flexibility index (Phi) is 6.73. The van der Waals surface area contributed by atoms with Gasteiger partial charge < -0.3 is 51.2 Å². The standard InChI is InChI=1S/C19H31N5O7S/c1-7-4-9(24-10(25)5-8-6-32-18(20)23-8)19(28)17(29-7)30-16-14(27)11(21-2)13(26)12(22-3)15(16)31-19/h6-7,9,11-17,21-22,26-28H,4-5H2,1-3H3,(H2,20,23)(H,24,25). The summed E-state index contributed by atoms with van der Waals surface area (Å²) in [4.78, 5) is 16.8. The van der Waals surface area contributed by atoms with Crippen LogP contribution in [0.3, 0.4) is 0 Å². The van der Waals surface area contributed by atoms with Gasteiger partial charge in [-0.1, -0.05) is 0 Å². The number of anilines is 1. The maximum Gasteiger partial charge on any atom is 0.239 e. The second-order valence-electron chi connectivity index (χ2n) is 8.53. The third-order valence-corrected chi connectivity index (χ3v) is 7.12. The van der Waals surface area contributed by atoms with Crippen LogP contribution in [0.25, 0.3) is 0 Å². The van der Waals surface area contributed by atoms with Gasteiger partial charge in [-0.05, 0) is 27.4 Å². The van der Waals surface area contributed by atoms with Gasteiger partial charge >= 0.3 is 0 Å². The largest absolute Gasteiger partial charge is 0.390 e. The van der Waals surface area contributed by atoms with Crippen molar-refractivity contribution in [2.24, 2.45) is 0 Å². The molecule has 8 N–H and O–H groups in total. The molecule has 0 radical (unpaired) electrons. The van der Waals surface area contributed by atoms with Gasteiger partial charge in [0.15, 0.2) is 5.13 Å². The minimum atomic E-state index is -2.02. The lowest BCUT2D eigenvalue weighted by atomic mass is 9.79. The summed E-state index contributed by atoms with van der Waals surface area (Å²) in [6, 6.07) is -2.18. The lowest BCUT2D eigenvalue weighted by Gasteiger charge is -2.58. The average molecular weight is 474 g/mol. The lowest BCUT2D eigenvalue weighted by molar-refractivity contribution is -0.449. The molecule has 0 aromatic carbocycles. The van der Waals surface area contributed by atoms with Gasteiger partial charge in [0.05, 0.1) is 42.4 Å². The molecular weight excluding hydrogens is 442 g/mol. The number of carbonyl (C=O) groups excluding carboxylic acids is 1. The number of aliphatic hydroxyl groups is 3. The molecule has 10 atom stereocenters. The highest BCUT2D eigenvalue weighted by molar-refractivity contribution is 7.13. The van der Waals surface area contributed by atoms with E-state index in [1.54, 1.807) is 26.4 Å². The quantitative estimate of drug-likeness (QED) is 0.236. The van der Waals surface area contributed by atoms with Crippen molar-refractivity contribution in [1.29, 1.82) is 0 Å². The smallest absolute Gasteiger partial charge is 0.239 e. The molecule has 3 heterocycles. The fourth-order valence-corrected chi connectivity index (χ4v) is 5.39. The van der Waals surface area contributed by atoms with Crippen LogP contribution in [-0.2, 0) is 25.4 Å². The Labute approximate surface area is 189 Å². The molecule has 1 amide bonds. The number of likely N-dealkylation sites (N-methyl/N-ethyl adjacent to an activating group) is 2. The van der Waals surface area contributed by atoms with E-state index in [0.717, 1.165) is 0 Å². The van der Waals surface area contributed by atoms with Crippen molar-refractivity contribution in [3.05, 3.63) is 11.1 Å². The van der Waals surface area contributed by atoms with E-state index in [1.807, 2.05) is 0 Å². The first-order chi connectivity index (χ1) is 15.2. The number of hydrogen-bond donors (Lipinski definition) is 7. The zero-order chi connectivity index (χ0) is 23.2. The lowest BCUT2D eigenvalue weighted by Crippen LogP contribution is -2.79. The second-order valence-corrected chi connectivity index (χ2v) is 9.42. The number of hydrogen-bond acceptors (Lipinski definition) is 12. The first-order valence-corrected chi connectivity index (χ1v) is 11.5. The van der Waals surface area contributed by atoms with E-state index in [9.17, 15) is 20.1 Å². The van der Waals surface area contributed by atoms with Crippen molar-refractivity contribution in [1.82, 2.24) is 20.9 Å². The molecular formula is C19H31N5O7S. The Bertz CT molecular complexity index is 830. The van der Waals surface area contributed by atoms with Crippen LogP contribution in [0.2, 0.25) is 0 Å². The molecule has 3 fully saturated rings. The Morgan fingerprint density at radius 3 is 2.59 bits per heavy atom. The molecule has 4 rings (SSSR count). The summed E-state index contributed by atoms with van der Waals surface area (Å²) >= 11 is 1.24. The van der Waals surface area contributed by atoms with Gasteiger partial charge in [0.25, 0.3) is 0 Å². The number of carbonyl (C=O) groups is 1. The number of nitrogens with zero attached hydrogens (tertiary/aromatic N) is 1. The number of rotatable bonds is 5. The zero-order valence-electron chi connectivity index (χ0n) is 18.1. The number of nitrogens with one attached hydrogen (secondary N) is 3. The molecule has 1 saturated carbocycles. The van der Waals surface area contributed by atoms with Crippen LogP contribution in [0.1, 0.15) is 19.0 Å². The molecule has 1 aromatic heterocycles. The maximum atomic E-state index is 12.7. The number of ether oxygens (including phenoxy) is 3. The molecule has 3 aliphatic rings. The van der Waals surface area contributed by atoms with Crippen LogP contribution in [0.5, 0.6) is 0 Å². The summed E-state index contributed by atoms with van der Waals surface area (Å²) in [5, 5.41) is 43.8. The van der Waals surface area contributed by atoms with Crippen molar-refractivity contribution in [2.75, 3.05) is 19.8 Å². The molecule has 1 aliphatic carbocycles. The summed E-state index contributed by atoms with van der Waals surface area (Å²) < 4.78 is 17.9. The highest BCUT2D eigenvalue weighted by atomic mass is 32.1. The van der Waals surface area contributed by atoms with E-state index in [4.69, 9.17) is 19.9 Å². The Morgan fingerprint density at radius 1 is 1.25 bits per heavy atom. The second kappa shape index (κ2) is 9.08.